The number of nitrogens with one attached hydrogen (secondary N) is 8. The summed E-state index contributed by atoms with van der Waals surface area (Å²) >= 11 is 3.82. The van der Waals surface area contributed by atoms with Gasteiger partial charge in [0.05, 0.1) is 62.6 Å². The van der Waals surface area contributed by atoms with E-state index < -0.39 is 281 Å². The molecule has 0 saturated carbocycles. The van der Waals surface area contributed by atoms with Gasteiger partial charge in [-0.2, -0.15) is 12.6 Å². The number of carbonyl (C=O) groups excluding carboxylic acids is 9. The van der Waals surface area contributed by atoms with Crippen LogP contribution >= 0.6 is 12.6 Å². The summed E-state index contributed by atoms with van der Waals surface area (Å²) in [5.74, 6) is -16.1. The van der Waals surface area contributed by atoms with E-state index in [2.05, 4.69) is 49.8 Å². The number of halogens is 2. The number of thiol groups is 1. The topological polar surface area (TPSA) is 660 Å². The van der Waals surface area contributed by atoms with E-state index in [-0.39, 0.29) is 55.9 Å². The third-order valence-electron chi connectivity index (χ3n) is 18.9. The second-order valence-electron chi connectivity index (χ2n) is 27.8. The summed E-state index contributed by atoms with van der Waals surface area (Å²) in [5.41, 5.74) is 12.4. The van der Waals surface area contributed by atoms with E-state index in [9.17, 15) is 123 Å². The molecule has 0 bridgehead atoms. The Kier molecular flexibility index (Phi) is 42.9. The van der Waals surface area contributed by atoms with Gasteiger partial charge in [0, 0.05) is 81.2 Å². The Bertz CT molecular complexity index is 4110. The van der Waals surface area contributed by atoms with Crippen LogP contribution in [0.5, 0.6) is 0 Å². The van der Waals surface area contributed by atoms with Gasteiger partial charge in [-0.1, -0.05) is 79.9 Å². The lowest BCUT2D eigenvalue weighted by molar-refractivity contribution is -0.143. The fourth-order valence-corrected chi connectivity index (χ4v) is 12.2. The number of unbranched alkanes of at least 4 members (excludes halogenated alkanes) is 4. The number of nitrogens with zero attached hydrogens (tertiary/aromatic N) is 2. The lowest BCUT2D eigenvalue weighted by Crippen LogP contribution is -2.56. The quantitative estimate of drug-likeness (QED) is 0.0145. The Morgan fingerprint density at radius 1 is 0.496 bits per heavy atom. The van der Waals surface area contributed by atoms with Gasteiger partial charge < -0.3 is 120 Å². The van der Waals surface area contributed by atoms with Gasteiger partial charge in [-0.05, 0) is 80.7 Å². The number of amides is 8. The summed E-state index contributed by atoms with van der Waals surface area (Å²) in [6.45, 7) is -2.75. The van der Waals surface area contributed by atoms with E-state index in [1.807, 2.05) is 5.32 Å². The van der Waals surface area contributed by atoms with Crippen LogP contribution in [0.4, 0.5) is 8.78 Å². The molecule has 1 aromatic heterocycles. The predicted octanol–water partition coefficient (Wildman–Crippen LogP) is -5.48. The van der Waals surface area contributed by atoms with Crippen molar-refractivity contribution in [2.24, 2.45) is 11.5 Å². The SMILES string of the molecule is Cc1c(-c2cccc(CCC(=O)NCCCCCCCC(=O)N[C@H](CCC(=O)NC[C@H](O)[C@@H](O)[C@H](O)[C@H](O)CO)C(=O)N[C@H](CCC(=O)O)C(=O)N[C@H](CCC(=O)NC[C@H](O)[C@@H](O)[C@H](O)[C@H](O)CO)C(=O)CC[C@H](N)C(=O)N[C@@H](CC(=O)O)C(=O)N[C@@H](CS)C(=O)O)c2)c(=O)n(C[C@@H](N)c2ccccc2)c(=O)n1Cc1c(F)cccc1F. The van der Waals surface area contributed by atoms with Gasteiger partial charge in [0.25, 0.3) is 5.56 Å². The maximum atomic E-state index is 15.0. The number of carboxylic acid groups (broad SMARTS) is 3. The number of aryl methyl sites for hydroxylation is 1. The average molecular weight is 1680 g/mol. The first-order valence-electron chi connectivity index (χ1n) is 37.5. The number of nitrogens with two attached hydrogens (primary N) is 2. The van der Waals surface area contributed by atoms with Crippen molar-refractivity contribution >= 4 is 83.6 Å². The van der Waals surface area contributed by atoms with E-state index in [0.717, 1.165) is 21.3 Å². The molecule has 0 radical (unpaired) electrons. The maximum Gasteiger partial charge on any atom is 0.331 e. The van der Waals surface area contributed by atoms with Crippen molar-refractivity contribution in [3.05, 3.63) is 128 Å². The highest BCUT2D eigenvalue weighted by Crippen LogP contribution is 2.24. The van der Waals surface area contributed by atoms with Gasteiger partial charge in [0.1, 0.15) is 72.4 Å². The van der Waals surface area contributed by atoms with Gasteiger partial charge in [-0.15, -0.1) is 0 Å². The Hall–Kier alpha value is -10.1. The molecule has 0 fully saturated rings. The summed E-state index contributed by atoms with van der Waals surface area (Å²) < 4.78 is 32.1. The third kappa shape index (κ3) is 33.1. The fraction of sp³-hybridized carbons (Fsp3) is 0.547. The largest absolute Gasteiger partial charge is 0.481 e. The number of aliphatic carboxylic acids is 3. The second-order valence-corrected chi connectivity index (χ2v) is 28.2. The number of aliphatic hydroxyl groups is 10. The first kappa shape index (κ1) is 99.3. The van der Waals surface area contributed by atoms with Crippen LogP contribution in [0.25, 0.3) is 11.1 Å². The minimum absolute atomic E-state index is 0.00665. The lowest BCUT2D eigenvalue weighted by atomic mass is 9.98. The molecule has 648 valence electrons. The molecule has 15 atom stereocenters. The van der Waals surface area contributed by atoms with E-state index in [1.165, 1.54) is 13.0 Å². The fourth-order valence-electron chi connectivity index (χ4n) is 11.9. The summed E-state index contributed by atoms with van der Waals surface area (Å²) in [5, 5.41) is 146. The number of aromatic nitrogens is 2. The van der Waals surface area contributed by atoms with Crippen molar-refractivity contribution in [3.63, 3.8) is 0 Å². The van der Waals surface area contributed by atoms with Gasteiger partial charge in [0.2, 0.25) is 47.3 Å². The number of hydrogen-bond donors (Lipinski definition) is 24. The molecule has 0 unspecified atom stereocenters. The second kappa shape index (κ2) is 50.5. The molecule has 39 nitrogen and oxygen atoms in total. The number of ketones is 1. The molecular weight excluding hydrogens is 1570 g/mol. The Balaban J connectivity index is 1.48. The van der Waals surface area contributed by atoms with Crippen molar-refractivity contribution in [1.29, 1.82) is 0 Å². The first-order chi connectivity index (χ1) is 55.3. The van der Waals surface area contributed by atoms with Crippen LogP contribution in [0.15, 0.2) is 82.4 Å². The van der Waals surface area contributed by atoms with Crippen LogP contribution in [-0.2, 0) is 77.0 Å². The summed E-state index contributed by atoms with van der Waals surface area (Å²) in [6, 6.07) is 7.00. The molecule has 3 aromatic carbocycles. The molecule has 42 heteroatoms. The molecule has 25 N–H and O–H groups in total. The number of carbonyl (C=O) groups is 12. The highest BCUT2D eigenvalue weighted by molar-refractivity contribution is 7.80. The smallest absolute Gasteiger partial charge is 0.331 e. The maximum absolute atomic E-state index is 15.0. The first-order valence-corrected chi connectivity index (χ1v) is 38.2. The van der Waals surface area contributed by atoms with Crippen molar-refractivity contribution < 1.29 is 133 Å². The Morgan fingerprint density at radius 2 is 0.991 bits per heavy atom. The highest BCUT2D eigenvalue weighted by Gasteiger charge is 2.36. The minimum atomic E-state index is -2.13. The number of rotatable bonds is 55. The molecule has 0 aliphatic heterocycles. The molecule has 0 aliphatic rings. The van der Waals surface area contributed by atoms with Crippen LogP contribution in [0, 0.1) is 18.6 Å². The van der Waals surface area contributed by atoms with Crippen molar-refractivity contribution in [1.82, 2.24) is 51.7 Å². The zero-order valence-electron chi connectivity index (χ0n) is 64.0. The van der Waals surface area contributed by atoms with Gasteiger partial charge in [0.15, 0.2) is 5.78 Å². The normalized spacial score (nSPS) is 15.2. The van der Waals surface area contributed by atoms with Crippen LogP contribution in [0.2, 0.25) is 0 Å². The molecular formula is C75H106F2N12O27S. The molecule has 0 spiro atoms. The minimum Gasteiger partial charge on any atom is -0.481 e. The van der Waals surface area contributed by atoms with Gasteiger partial charge >= 0.3 is 23.6 Å². The molecule has 0 aliphatic carbocycles. The summed E-state index contributed by atoms with van der Waals surface area (Å²) in [4.78, 5) is 186. The molecule has 1 heterocycles. The van der Waals surface area contributed by atoms with Crippen molar-refractivity contribution in [3.8, 4) is 11.1 Å². The molecule has 4 aromatic rings. The van der Waals surface area contributed by atoms with Gasteiger partial charge in [-0.3, -0.25) is 66.7 Å². The zero-order valence-corrected chi connectivity index (χ0v) is 64.9. The highest BCUT2D eigenvalue weighted by atomic mass is 32.1. The van der Waals surface area contributed by atoms with Gasteiger partial charge in [-0.25, -0.2) is 18.4 Å². The monoisotopic (exact) mass is 1680 g/mol. The molecule has 117 heavy (non-hydrogen) atoms. The number of hydrogen-bond acceptors (Lipinski definition) is 27. The standard InChI is InChI=1S/C75H106F2N12O27S/c1-39-64(73(113)89(35-47(79)41-13-6-5-7-14-41)75(116)88(39)34-43-44(76)16-11-17-45(43)77)42-15-10-12-40(30-42)19-25-58(97)80-29-9-4-2-3-8-18-61(100)83-49(22-27-60(99)82-33-55(94)66(106)68(108)57(96)37-91)70(110)85-50(23-28-62(101)102)71(111)84-48(21-26-59(98)81-32-54(93)65(105)67(107)56(95)36-90)53(92)24-20-46(78)69(109)86-51(31-63(103)104)72(112)87-52(38-117)74(114)115/h5-7,10-17,30,46-52,54-57,65-68,90-91,93-96,105-108,117H,2-4,8-9,18-29,31-38,78-79H2,1H3,(H,80,97)(H,81,98)(H,82,99)(H,83,100)(H,84,111)(H,85,110)(H,86,109)(H,87,112)(H,101,102)(H,103,104)(H,114,115)/t46-,47+,48+,49+,50+,51-,52-,54-,55-,56+,57+,65+,66+,67+,68+/m0/s1. The molecule has 8 amide bonds. The van der Waals surface area contributed by atoms with Crippen LogP contribution in [0.1, 0.15) is 131 Å². The Labute approximate surface area is 674 Å². The van der Waals surface area contributed by atoms with Crippen molar-refractivity contribution in [2.75, 3.05) is 38.6 Å². The van der Waals surface area contributed by atoms with E-state index in [4.69, 9.17) is 21.7 Å². The van der Waals surface area contributed by atoms with E-state index in [0.29, 0.717) is 42.4 Å². The van der Waals surface area contributed by atoms with Crippen LogP contribution in [-0.4, -0.2) is 270 Å². The molecule has 0 saturated heterocycles. The molecule has 4 rings (SSSR count). The summed E-state index contributed by atoms with van der Waals surface area (Å²) in [6.07, 6.45) is -20.9. The van der Waals surface area contributed by atoms with E-state index in [1.54, 1.807) is 54.6 Å². The number of carboxylic acids is 3. The van der Waals surface area contributed by atoms with Crippen LogP contribution < -0.4 is 65.3 Å². The number of Topliss-reactive ketones (excluding diaryl/α,β-unsaturated/α-hetero) is 1. The van der Waals surface area contributed by atoms with Crippen LogP contribution in [0.3, 0.4) is 0 Å². The third-order valence-corrected chi connectivity index (χ3v) is 19.3. The van der Waals surface area contributed by atoms with Crippen molar-refractivity contribution in [2.45, 2.75) is 220 Å². The average Bonchev–Trinajstić information content (AvgIpc) is 0.759. The van der Waals surface area contributed by atoms with E-state index >= 15 is 8.78 Å². The predicted molar refractivity (Wildman–Crippen MR) is 412 cm³/mol. The Morgan fingerprint density at radius 3 is 1.55 bits per heavy atom. The zero-order chi connectivity index (χ0) is 87.3. The lowest BCUT2D eigenvalue weighted by Gasteiger charge is -2.26. The number of aliphatic hydroxyl groups excluding tert-OH is 10. The number of benzene rings is 3. The summed E-state index contributed by atoms with van der Waals surface area (Å²) in [7, 11) is 0.